The van der Waals surface area contributed by atoms with E-state index in [1.165, 1.54) is 36.5 Å². The van der Waals surface area contributed by atoms with Crippen LogP contribution in [0.2, 0.25) is 5.02 Å². The number of carbonyl (C=O) groups excluding carboxylic acids is 2. The molecule has 1 amide bonds. The number of nitrogens with zero attached hydrogens (tertiary/aromatic N) is 3. The average molecular weight is 560 g/mol. The normalized spacial score (nSPS) is 19.1. The lowest BCUT2D eigenvalue weighted by atomic mass is 9.89. The van der Waals surface area contributed by atoms with Crippen molar-refractivity contribution >= 4 is 23.7 Å². The van der Waals surface area contributed by atoms with Gasteiger partial charge in [0.15, 0.2) is 5.76 Å². The van der Waals surface area contributed by atoms with E-state index in [4.69, 9.17) is 25.6 Å². The Labute approximate surface area is 230 Å². The minimum atomic E-state index is -2.53. The third-order valence-electron chi connectivity index (χ3n) is 5.99. The zero-order valence-corrected chi connectivity index (χ0v) is 23.6. The van der Waals surface area contributed by atoms with E-state index in [0.29, 0.717) is 16.3 Å². The maximum Gasteiger partial charge on any atom is 0.413 e. The van der Waals surface area contributed by atoms with Crippen molar-refractivity contribution in [1.29, 1.82) is 0 Å². The van der Waals surface area contributed by atoms with Crippen molar-refractivity contribution in [3.63, 3.8) is 0 Å². The smallest absolute Gasteiger partial charge is 0.413 e. The first-order valence-corrected chi connectivity index (χ1v) is 12.7. The summed E-state index contributed by atoms with van der Waals surface area (Å²) in [6.45, 7) is 11.7. The monoisotopic (exact) mass is 559 g/mol. The number of rotatable bonds is 3. The highest BCUT2D eigenvalue weighted by molar-refractivity contribution is 6.30. The first kappa shape index (κ1) is 28.5. The van der Waals surface area contributed by atoms with E-state index in [1.54, 1.807) is 48.5 Å². The fourth-order valence-corrected chi connectivity index (χ4v) is 4.77. The fourth-order valence-electron chi connectivity index (χ4n) is 4.64. The Kier molecular flexibility index (Phi) is 7.24. The lowest BCUT2D eigenvalue weighted by Crippen LogP contribution is -2.54. The number of halogens is 2. The molecule has 2 aromatic heterocycles. The third-order valence-corrected chi connectivity index (χ3v) is 6.24. The van der Waals surface area contributed by atoms with Crippen LogP contribution in [0.15, 0.2) is 41.1 Å². The molecule has 2 atom stereocenters. The molecule has 3 aromatic rings. The largest absolute Gasteiger partial charge is 0.460 e. The molecule has 1 unspecified atom stereocenters. The van der Waals surface area contributed by atoms with Crippen LogP contribution in [0.1, 0.15) is 76.6 Å². The van der Waals surface area contributed by atoms with E-state index in [0.717, 1.165) is 4.90 Å². The Bertz CT molecular complexity index is 1410. The zero-order valence-electron chi connectivity index (χ0n) is 22.8. The summed E-state index contributed by atoms with van der Waals surface area (Å²) in [4.78, 5) is 31.9. The number of pyridine rings is 1. The van der Waals surface area contributed by atoms with E-state index in [2.05, 4.69) is 10.1 Å². The fraction of sp³-hybridized carbons (Fsp3) is 0.429. The van der Waals surface area contributed by atoms with Gasteiger partial charge in [0.1, 0.15) is 17.2 Å². The molecular weight excluding hydrogens is 529 g/mol. The van der Waals surface area contributed by atoms with Gasteiger partial charge in [-0.3, -0.25) is 9.69 Å². The second-order valence-electron chi connectivity index (χ2n) is 11.4. The summed E-state index contributed by atoms with van der Waals surface area (Å²) in [5.41, 5.74) is -3.78. The molecule has 0 saturated carbocycles. The van der Waals surface area contributed by atoms with Gasteiger partial charge in [0.25, 0.3) is 0 Å². The van der Waals surface area contributed by atoms with Crippen molar-refractivity contribution in [3.05, 3.63) is 70.1 Å². The topological polar surface area (TPSA) is 115 Å². The van der Waals surface area contributed by atoms with Gasteiger partial charge in [-0.05, 0) is 66.7 Å². The number of aliphatic hydroxyl groups is 1. The van der Waals surface area contributed by atoms with Gasteiger partial charge in [-0.1, -0.05) is 28.9 Å². The van der Waals surface area contributed by atoms with E-state index in [1.807, 2.05) is 0 Å². The maximum absolute atomic E-state index is 15.8. The standard InChI is InChI=1S/C28H31ClFN3O6/c1-15-21-18-12-13-31-24(30)22(18)28(36,16-8-10-17(29)11-9-16)33(25(35)38-27(5,6)7)19(23(21)39-32-15)14-20(34)37-26(2,3)4/h8-13,19,36H,14H2,1-7H3/t19-,28?/m0/s1. The summed E-state index contributed by atoms with van der Waals surface area (Å²) in [6, 6.07) is 6.07. The number of hydrogen-bond acceptors (Lipinski definition) is 8. The van der Waals surface area contributed by atoms with Gasteiger partial charge >= 0.3 is 12.1 Å². The number of carbonyl (C=O) groups is 2. The van der Waals surface area contributed by atoms with Crippen molar-refractivity contribution in [2.75, 3.05) is 0 Å². The Balaban J connectivity index is 2.09. The minimum absolute atomic E-state index is 0.0564. The van der Waals surface area contributed by atoms with Gasteiger partial charge in [-0.15, -0.1) is 0 Å². The first-order chi connectivity index (χ1) is 18.0. The van der Waals surface area contributed by atoms with Crippen LogP contribution >= 0.6 is 11.6 Å². The maximum atomic E-state index is 15.8. The van der Waals surface area contributed by atoms with Crippen LogP contribution < -0.4 is 0 Å². The highest BCUT2D eigenvalue weighted by Gasteiger charge is 2.55. The third kappa shape index (κ3) is 5.49. The predicted molar refractivity (Wildman–Crippen MR) is 140 cm³/mol. The molecule has 4 rings (SSSR count). The molecule has 1 aliphatic heterocycles. The summed E-state index contributed by atoms with van der Waals surface area (Å²) in [5, 5.41) is 17.1. The average Bonchev–Trinajstić information content (AvgIpc) is 3.13. The summed E-state index contributed by atoms with van der Waals surface area (Å²) in [6.07, 6.45) is -0.264. The van der Waals surface area contributed by atoms with Crippen LogP contribution in [0.5, 0.6) is 0 Å². The molecule has 3 heterocycles. The molecule has 0 saturated heterocycles. The quantitative estimate of drug-likeness (QED) is 0.304. The van der Waals surface area contributed by atoms with Crippen LogP contribution in [-0.2, 0) is 20.0 Å². The molecule has 0 fully saturated rings. The van der Waals surface area contributed by atoms with E-state index in [-0.39, 0.29) is 22.5 Å². The Morgan fingerprint density at radius 2 is 1.72 bits per heavy atom. The second kappa shape index (κ2) is 9.91. The van der Waals surface area contributed by atoms with E-state index >= 15 is 4.39 Å². The number of ether oxygens (including phenoxy) is 2. The molecule has 208 valence electrons. The Morgan fingerprint density at radius 1 is 1.10 bits per heavy atom. The van der Waals surface area contributed by atoms with Gasteiger partial charge in [-0.2, -0.15) is 4.39 Å². The zero-order chi connectivity index (χ0) is 28.9. The summed E-state index contributed by atoms with van der Waals surface area (Å²) >= 11 is 6.12. The van der Waals surface area contributed by atoms with E-state index < -0.39 is 47.4 Å². The lowest BCUT2D eigenvalue weighted by molar-refractivity contribution is -0.159. The molecule has 0 bridgehead atoms. The number of hydrogen-bond donors (Lipinski definition) is 1. The molecule has 0 radical (unpaired) electrons. The lowest BCUT2D eigenvalue weighted by Gasteiger charge is -2.43. The molecular formula is C28H31ClFN3O6. The van der Waals surface area contributed by atoms with Crippen molar-refractivity contribution in [2.24, 2.45) is 0 Å². The SMILES string of the molecule is Cc1noc2c1-c1ccnc(F)c1C(O)(c1ccc(Cl)cc1)N(C(=O)OC(C)(C)C)[C@H]2CC(=O)OC(C)(C)C. The van der Waals surface area contributed by atoms with E-state index in [9.17, 15) is 14.7 Å². The van der Waals surface area contributed by atoms with Gasteiger partial charge in [0.05, 0.1) is 23.2 Å². The predicted octanol–water partition coefficient (Wildman–Crippen LogP) is 6.05. The van der Waals surface area contributed by atoms with Crippen LogP contribution in [0, 0.1) is 12.9 Å². The van der Waals surface area contributed by atoms with Crippen molar-refractivity contribution in [2.45, 2.75) is 77.9 Å². The summed E-state index contributed by atoms with van der Waals surface area (Å²) in [5.74, 6) is -1.67. The molecule has 1 N–H and O–H groups in total. The van der Waals surface area contributed by atoms with Crippen LogP contribution in [0.3, 0.4) is 0 Å². The van der Waals surface area contributed by atoms with Gasteiger partial charge in [-0.25, -0.2) is 9.78 Å². The number of benzene rings is 1. The van der Waals surface area contributed by atoms with Crippen molar-refractivity contribution in [1.82, 2.24) is 15.0 Å². The molecule has 9 nitrogen and oxygen atoms in total. The number of aryl methyl sites for hydroxylation is 1. The second-order valence-corrected chi connectivity index (χ2v) is 11.8. The van der Waals surface area contributed by atoms with Crippen LogP contribution in [0.25, 0.3) is 11.1 Å². The summed E-state index contributed by atoms with van der Waals surface area (Å²) in [7, 11) is 0. The van der Waals surface area contributed by atoms with Crippen LogP contribution in [0.4, 0.5) is 9.18 Å². The van der Waals surface area contributed by atoms with Crippen LogP contribution in [-0.4, -0.2) is 43.4 Å². The first-order valence-electron chi connectivity index (χ1n) is 12.4. The Hall–Kier alpha value is -3.50. The number of aromatic nitrogens is 2. The molecule has 1 aromatic carbocycles. The summed E-state index contributed by atoms with van der Waals surface area (Å²) < 4.78 is 32.8. The Morgan fingerprint density at radius 3 is 2.31 bits per heavy atom. The number of amides is 1. The highest BCUT2D eigenvalue weighted by Crippen LogP contribution is 2.51. The molecule has 0 spiro atoms. The number of esters is 1. The molecule has 39 heavy (non-hydrogen) atoms. The number of fused-ring (bicyclic) bond motifs is 3. The van der Waals surface area contributed by atoms with Crippen molar-refractivity contribution < 1.29 is 33.1 Å². The van der Waals surface area contributed by atoms with Gasteiger partial charge in [0, 0.05) is 22.3 Å². The van der Waals surface area contributed by atoms with Gasteiger partial charge < -0.3 is 19.1 Å². The minimum Gasteiger partial charge on any atom is -0.460 e. The highest BCUT2D eigenvalue weighted by atomic mass is 35.5. The van der Waals surface area contributed by atoms with Crippen molar-refractivity contribution in [3.8, 4) is 11.1 Å². The molecule has 0 aliphatic carbocycles. The molecule has 1 aliphatic rings. The molecule has 11 heteroatoms. The van der Waals surface area contributed by atoms with Gasteiger partial charge in [0.2, 0.25) is 11.7 Å².